The van der Waals surface area contributed by atoms with Gasteiger partial charge < -0.3 is 24.3 Å². The molecule has 1 aliphatic carbocycles. The molecule has 1 aromatic rings. The zero-order chi connectivity index (χ0) is 22.8. The molecular weight excluding hydrogens is 398 g/mol. The van der Waals surface area contributed by atoms with Gasteiger partial charge in [-0.15, -0.1) is 0 Å². The third-order valence-electron chi connectivity index (χ3n) is 5.73. The maximum Gasteiger partial charge on any atom is 0.336 e. The van der Waals surface area contributed by atoms with Gasteiger partial charge in [0.2, 0.25) is 0 Å². The standard InChI is InChI=1S/C24H31NO6/c1-14-20(23(27)31-10-9-28-4)21(16-8-7-15(29-5)11-19(16)30-6)22-17(25-14)12-24(2,3)13-18(22)26/h7-8,11,21,25H,9-10,12-13H2,1-6H3/t21-/m1/s1. The summed E-state index contributed by atoms with van der Waals surface area (Å²) in [7, 11) is 4.69. The van der Waals surface area contributed by atoms with Crippen molar-refractivity contribution in [2.75, 3.05) is 34.5 Å². The van der Waals surface area contributed by atoms with Crippen molar-refractivity contribution >= 4 is 11.8 Å². The average Bonchev–Trinajstić information content (AvgIpc) is 2.71. The molecule has 1 heterocycles. The number of hydrogen-bond donors (Lipinski definition) is 1. The number of carbonyl (C=O) groups excluding carboxylic acids is 2. The second-order valence-corrected chi connectivity index (χ2v) is 8.67. The number of Topliss-reactive ketones (excluding diaryl/α,β-unsaturated/α-hetero) is 1. The maximum atomic E-state index is 13.3. The van der Waals surface area contributed by atoms with E-state index in [1.807, 2.05) is 13.0 Å². The van der Waals surface area contributed by atoms with E-state index in [1.54, 1.807) is 33.5 Å². The molecule has 1 aliphatic heterocycles. The van der Waals surface area contributed by atoms with Crippen molar-refractivity contribution in [1.82, 2.24) is 5.32 Å². The van der Waals surface area contributed by atoms with Crippen LogP contribution in [0.15, 0.2) is 40.7 Å². The Bertz CT molecular complexity index is 943. The van der Waals surface area contributed by atoms with Crippen LogP contribution in [0.1, 0.15) is 45.1 Å². The third kappa shape index (κ3) is 4.61. The molecule has 2 aliphatic rings. The van der Waals surface area contributed by atoms with E-state index in [1.165, 1.54) is 0 Å². The SMILES string of the molecule is COCCOC(=O)C1=C(C)NC2=C(C(=O)CC(C)(C)C2)[C@@H]1c1ccc(OC)cc1OC. The minimum atomic E-state index is -0.587. The zero-order valence-corrected chi connectivity index (χ0v) is 19.1. The van der Waals surface area contributed by atoms with E-state index in [2.05, 4.69) is 19.2 Å². The second-order valence-electron chi connectivity index (χ2n) is 8.67. The van der Waals surface area contributed by atoms with Crippen LogP contribution in [0.5, 0.6) is 11.5 Å². The monoisotopic (exact) mass is 429 g/mol. The molecule has 0 unspecified atom stereocenters. The molecule has 7 heteroatoms. The second kappa shape index (κ2) is 9.14. The minimum absolute atomic E-state index is 0.0244. The Kier molecular flexibility index (Phi) is 6.74. The van der Waals surface area contributed by atoms with Crippen LogP contribution < -0.4 is 14.8 Å². The van der Waals surface area contributed by atoms with Crippen molar-refractivity contribution in [2.45, 2.75) is 39.5 Å². The van der Waals surface area contributed by atoms with Gasteiger partial charge in [-0.2, -0.15) is 0 Å². The smallest absolute Gasteiger partial charge is 0.336 e. The third-order valence-corrected chi connectivity index (χ3v) is 5.73. The van der Waals surface area contributed by atoms with Gasteiger partial charge in [0.05, 0.1) is 32.3 Å². The van der Waals surface area contributed by atoms with Gasteiger partial charge in [-0.05, 0) is 24.8 Å². The van der Waals surface area contributed by atoms with E-state index in [-0.39, 0.29) is 17.8 Å². The lowest BCUT2D eigenvalue weighted by atomic mass is 9.68. The number of esters is 1. The van der Waals surface area contributed by atoms with E-state index in [0.29, 0.717) is 47.8 Å². The lowest BCUT2D eigenvalue weighted by Crippen LogP contribution is -2.38. The van der Waals surface area contributed by atoms with Gasteiger partial charge in [0.15, 0.2) is 5.78 Å². The molecule has 31 heavy (non-hydrogen) atoms. The summed E-state index contributed by atoms with van der Waals surface area (Å²) in [4.78, 5) is 26.5. The van der Waals surface area contributed by atoms with E-state index in [4.69, 9.17) is 18.9 Å². The van der Waals surface area contributed by atoms with Crippen LogP contribution in [0, 0.1) is 5.41 Å². The zero-order valence-electron chi connectivity index (χ0n) is 19.1. The van der Waals surface area contributed by atoms with E-state index < -0.39 is 11.9 Å². The molecule has 0 saturated heterocycles. The summed E-state index contributed by atoms with van der Waals surface area (Å²) in [6, 6.07) is 5.42. The molecule has 0 aromatic heterocycles. The predicted octanol–water partition coefficient (Wildman–Crippen LogP) is 3.50. The average molecular weight is 430 g/mol. The van der Waals surface area contributed by atoms with Crippen molar-refractivity contribution in [3.05, 3.63) is 46.3 Å². The Balaban J connectivity index is 2.16. The van der Waals surface area contributed by atoms with Crippen LogP contribution in [0.25, 0.3) is 0 Å². The van der Waals surface area contributed by atoms with Crippen molar-refractivity contribution in [3.63, 3.8) is 0 Å². The summed E-state index contributed by atoms with van der Waals surface area (Å²) >= 11 is 0. The number of carbonyl (C=O) groups is 2. The molecule has 1 aromatic carbocycles. The number of ether oxygens (including phenoxy) is 4. The molecule has 0 radical (unpaired) electrons. The van der Waals surface area contributed by atoms with Gasteiger partial charge in [-0.1, -0.05) is 19.9 Å². The highest BCUT2D eigenvalue weighted by Gasteiger charge is 2.44. The topological polar surface area (TPSA) is 83.1 Å². The molecule has 0 amide bonds. The Morgan fingerprint density at radius 3 is 2.52 bits per heavy atom. The number of rotatable bonds is 7. The molecule has 0 saturated carbocycles. The Morgan fingerprint density at radius 1 is 1.13 bits per heavy atom. The Labute approximate surface area is 183 Å². The largest absolute Gasteiger partial charge is 0.497 e. The molecule has 1 N–H and O–H groups in total. The van der Waals surface area contributed by atoms with Crippen LogP contribution >= 0.6 is 0 Å². The number of benzene rings is 1. The quantitative estimate of drug-likeness (QED) is 0.525. The molecule has 3 rings (SSSR count). The number of ketones is 1. The summed E-state index contributed by atoms with van der Waals surface area (Å²) in [5, 5.41) is 3.33. The molecule has 1 atom stereocenters. The summed E-state index contributed by atoms with van der Waals surface area (Å²) in [6.45, 7) is 6.42. The van der Waals surface area contributed by atoms with Crippen LogP contribution in [-0.2, 0) is 19.1 Å². The van der Waals surface area contributed by atoms with Crippen LogP contribution in [-0.4, -0.2) is 46.3 Å². The first-order valence-electron chi connectivity index (χ1n) is 10.3. The predicted molar refractivity (Wildman–Crippen MR) is 116 cm³/mol. The molecule has 7 nitrogen and oxygen atoms in total. The van der Waals surface area contributed by atoms with Gasteiger partial charge in [0, 0.05) is 42.1 Å². The summed E-state index contributed by atoms with van der Waals surface area (Å²) in [5.41, 5.74) is 3.11. The highest BCUT2D eigenvalue weighted by Crippen LogP contribution is 2.49. The molecule has 0 spiro atoms. The fraction of sp³-hybridized carbons (Fsp3) is 0.500. The molecular formula is C24H31NO6. The van der Waals surface area contributed by atoms with Crippen LogP contribution in [0.4, 0.5) is 0 Å². The van der Waals surface area contributed by atoms with E-state index in [0.717, 1.165) is 11.3 Å². The first kappa shape index (κ1) is 22.9. The van der Waals surface area contributed by atoms with E-state index in [9.17, 15) is 9.59 Å². The van der Waals surface area contributed by atoms with Crippen molar-refractivity contribution in [2.24, 2.45) is 5.41 Å². The Hall–Kier alpha value is -2.80. The van der Waals surface area contributed by atoms with Crippen molar-refractivity contribution < 1.29 is 28.5 Å². The van der Waals surface area contributed by atoms with Gasteiger partial charge >= 0.3 is 5.97 Å². The summed E-state index contributed by atoms with van der Waals surface area (Å²) in [6.07, 6.45) is 1.12. The van der Waals surface area contributed by atoms with Crippen molar-refractivity contribution in [1.29, 1.82) is 0 Å². The summed E-state index contributed by atoms with van der Waals surface area (Å²) < 4.78 is 21.4. The van der Waals surface area contributed by atoms with Crippen LogP contribution in [0.3, 0.4) is 0 Å². The number of allylic oxidation sites excluding steroid dienone is 3. The van der Waals surface area contributed by atoms with Crippen LogP contribution in [0.2, 0.25) is 0 Å². The first-order chi connectivity index (χ1) is 14.7. The number of dihydropyridines is 1. The summed E-state index contributed by atoms with van der Waals surface area (Å²) in [5.74, 6) is 0.136. The fourth-order valence-electron chi connectivity index (χ4n) is 4.37. The normalized spacial score (nSPS) is 20.2. The lowest BCUT2D eigenvalue weighted by Gasteiger charge is -2.39. The maximum absolute atomic E-state index is 13.3. The lowest BCUT2D eigenvalue weighted by molar-refractivity contribution is -0.140. The van der Waals surface area contributed by atoms with Gasteiger partial charge in [0.25, 0.3) is 0 Å². The highest BCUT2D eigenvalue weighted by atomic mass is 16.6. The Morgan fingerprint density at radius 2 is 1.87 bits per heavy atom. The minimum Gasteiger partial charge on any atom is -0.497 e. The van der Waals surface area contributed by atoms with E-state index >= 15 is 0 Å². The first-order valence-corrected chi connectivity index (χ1v) is 10.3. The number of hydrogen-bond acceptors (Lipinski definition) is 7. The highest BCUT2D eigenvalue weighted by molar-refractivity contribution is 6.04. The number of methoxy groups -OCH3 is 3. The fourth-order valence-corrected chi connectivity index (χ4v) is 4.37. The van der Waals surface area contributed by atoms with Gasteiger partial charge in [0.1, 0.15) is 18.1 Å². The molecule has 168 valence electrons. The van der Waals surface area contributed by atoms with Crippen molar-refractivity contribution in [3.8, 4) is 11.5 Å². The number of nitrogens with one attached hydrogen (secondary N) is 1. The van der Waals surface area contributed by atoms with Gasteiger partial charge in [-0.3, -0.25) is 4.79 Å². The molecule has 0 bridgehead atoms. The van der Waals surface area contributed by atoms with Gasteiger partial charge in [-0.25, -0.2) is 4.79 Å². The molecule has 0 fully saturated rings.